The first-order valence-corrected chi connectivity index (χ1v) is 13.4. The average Bonchev–Trinajstić information content (AvgIpc) is 3.44. The minimum absolute atomic E-state index is 0.136. The molecule has 0 spiro atoms. The normalized spacial score (nSPS) is 13.8. The number of hydrogen-bond donors (Lipinski definition) is 2. The number of hydrogen-bond acceptors (Lipinski definition) is 7. The van der Waals surface area contributed by atoms with Gasteiger partial charge in [-0.15, -0.1) is 0 Å². The van der Waals surface area contributed by atoms with E-state index in [1.165, 1.54) is 11.8 Å². The van der Waals surface area contributed by atoms with Crippen molar-refractivity contribution >= 4 is 52.2 Å². The summed E-state index contributed by atoms with van der Waals surface area (Å²) in [5, 5.41) is 21.0. The molecule has 39 heavy (non-hydrogen) atoms. The molecular weight excluding hydrogens is 538 g/mol. The third-order valence-electron chi connectivity index (χ3n) is 5.54. The van der Waals surface area contributed by atoms with Crippen LogP contribution in [0.15, 0.2) is 65.7 Å². The van der Waals surface area contributed by atoms with Gasteiger partial charge in [0.05, 0.1) is 17.7 Å². The quantitative estimate of drug-likeness (QED) is 0.186. The van der Waals surface area contributed by atoms with Gasteiger partial charge in [-0.25, -0.2) is 4.68 Å². The van der Waals surface area contributed by atoms with E-state index < -0.39 is 11.9 Å². The van der Waals surface area contributed by atoms with Crippen molar-refractivity contribution in [2.75, 3.05) is 13.7 Å². The van der Waals surface area contributed by atoms with Gasteiger partial charge in [-0.05, 0) is 43.2 Å². The Morgan fingerprint density at radius 2 is 1.79 bits per heavy atom. The summed E-state index contributed by atoms with van der Waals surface area (Å²) in [6.07, 6.45) is 5.90. The summed E-state index contributed by atoms with van der Waals surface area (Å²) in [6.45, 7) is 1.56. The molecule has 2 aromatic carbocycles. The molecule has 0 radical (unpaired) electrons. The molecule has 1 amide bonds. The molecule has 3 aromatic rings. The van der Waals surface area contributed by atoms with Gasteiger partial charge in [0.25, 0.3) is 11.9 Å². The largest absolute Gasteiger partial charge is 0.497 e. The second-order valence-corrected chi connectivity index (χ2v) is 10.2. The SMILES string of the molecule is CC(=O)O.COc1cccc(-c2nn(-c3ccccc3)cc2/C=C2/SC(=S)N(CCCCCC(=O)O)C2=O)c1. The van der Waals surface area contributed by atoms with Crippen molar-refractivity contribution in [1.82, 2.24) is 14.7 Å². The van der Waals surface area contributed by atoms with Gasteiger partial charge >= 0.3 is 5.97 Å². The predicted octanol–water partition coefficient (Wildman–Crippen LogP) is 5.49. The number of nitrogens with zero attached hydrogens (tertiary/aromatic N) is 3. The summed E-state index contributed by atoms with van der Waals surface area (Å²) in [4.78, 5) is 34.9. The van der Waals surface area contributed by atoms with Crippen LogP contribution in [0, 0.1) is 0 Å². The van der Waals surface area contributed by atoms with E-state index in [0.29, 0.717) is 28.6 Å². The number of methoxy groups -OCH3 is 1. The zero-order chi connectivity index (χ0) is 28.4. The zero-order valence-electron chi connectivity index (χ0n) is 21.6. The van der Waals surface area contributed by atoms with Crippen LogP contribution in [0.1, 0.15) is 38.2 Å². The molecule has 1 fully saturated rings. The Kier molecular flexibility index (Phi) is 10.8. The van der Waals surface area contributed by atoms with Crippen molar-refractivity contribution in [1.29, 1.82) is 0 Å². The van der Waals surface area contributed by atoms with E-state index in [9.17, 15) is 9.59 Å². The molecule has 2 heterocycles. The van der Waals surface area contributed by atoms with Crippen LogP contribution < -0.4 is 4.74 Å². The summed E-state index contributed by atoms with van der Waals surface area (Å²) in [7, 11) is 1.62. The Labute approximate surface area is 236 Å². The van der Waals surface area contributed by atoms with Crippen molar-refractivity contribution < 1.29 is 29.3 Å². The number of thiocarbonyl (C=S) groups is 1. The summed E-state index contributed by atoms with van der Waals surface area (Å²) in [6, 6.07) is 17.4. The van der Waals surface area contributed by atoms with Crippen LogP contribution in [-0.2, 0) is 14.4 Å². The molecule has 1 aromatic heterocycles. The summed E-state index contributed by atoms with van der Waals surface area (Å²) < 4.78 is 7.70. The average molecular weight is 568 g/mol. The lowest BCUT2D eigenvalue weighted by molar-refractivity contribution is -0.137. The fraction of sp³-hybridized carbons (Fsp3) is 0.250. The number of thioether (sulfide) groups is 1. The van der Waals surface area contributed by atoms with Crippen molar-refractivity contribution in [3.8, 4) is 22.7 Å². The van der Waals surface area contributed by atoms with E-state index >= 15 is 0 Å². The highest BCUT2D eigenvalue weighted by molar-refractivity contribution is 8.26. The smallest absolute Gasteiger partial charge is 0.303 e. The second-order valence-electron chi connectivity index (χ2n) is 8.50. The molecule has 1 saturated heterocycles. The first-order valence-electron chi connectivity index (χ1n) is 12.2. The minimum Gasteiger partial charge on any atom is -0.497 e. The van der Waals surface area contributed by atoms with E-state index in [1.807, 2.05) is 66.9 Å². The van der Waals surface area contributed by atoms with Crippen LogP contribution in [0.25, 0.3) is 23.0 Å². The molecule has 0 aliphatic carbocycles. The molecule has 1 aliphatic heterocycles. The maximum Gasteiger partial charge on any atom is 0.303 e. The second kappa shape index (κ2) is 14.3. The number of ether oxygens (including phenoxy) is 1. The van der Waals surface area contributed by atoms with Gasteiger partial charge in [0, 0.05) is 37.2 Å². The maximum absolute atomic E-state index is 13.1. The van der Waals surface area contributed by atoms with Crippen LogP contribution in [-0.4, -0.2) is 60.7 Å². The van der Waals surface area contributed by atoms with Crippen LogP contribution in [0.2, 0.25) is 0 Å². The number of aliphatic carboxylic acids is 2. The lowest BCUT2D eigenvalue weighted by Crippen LogP contribution is -2.29. The molecular formula is C28H29N3O6S2. The minimum atomic E-state index is -0.833. The van der Waals surface area contributed by atoms with E-state index in [0.717, 1.165) is 41.6 Å². The highest BCUT2D eigenvalue weighted by Crippen LogP contribution is 2.35. The molecule has 4 rings (SSSR count). The van der Waals surface area contributed by atoms with Crippen molar-refractivity contribution in [3.63, 3.8) is 0 Å². The van der Waals surface area contributed by atoms with Gasteiger partial charge in [0.15, 0.2) is 0 Å². The molecule has 9 nitrogen and oxygen atoms in total. The number of carboxylic acids is 2. The number of amides is 1. The predicted molar refractivity (Wildman–Crippen MR) is 155 cm³/mol. The van der Waals surface area contributed by atoms with E-state index in [1.54, 1.807) is 16.7 Å². The molecule has 0 unspecified atom stereocenters. The third kappa shape index (κ3) is 8.52. The molecule has 0 bridgehead atoms. The lowest BCUT2D eigenvalue weighted by Gasteiger charge is -2.13. The fourth-order valence-electron chi connectivity index (χ4n) is 3.76. The first kappa shape index (κ1) is 29.6. The zero-order valence-corrected chi connectivity index (χ0v) is 23.2. The van der Waals surface area contributed by atoms with Gasteiger partial charge in [0.2, 0.25) is 0 Å². The van der Waals surface area contributed by atoms with Gasteiger partial charge in [-0.1, -0.05) is 60.7 Å². The Bertz CT molecular complexity index is 1370. The Hall–Kier alpha value is -3.96. The van der Waals surface area contributed by atoms with E-state index in [2.05, 4.69) is 0 Å². The highest BCUT2D eigenvalue weighted by Gasteiger charge is 2.32. The molecule has 1 aliphatic rings. The summed E-state index contributed by atoms with van der Waals surface area (Å²) in [5.41, 5.74) is 3.31. The third-order valence-corrected chi connectivity index (χ3v) is 6.92. The Morgan fingerprint density at radius 1 is 1.08 bits per heavy atom. The van der Waals surface area contributed by atoms with Gasteiger partial charge in [0.1, 0.15) is 15.8 Å². The topological polar surface area (TPSA) is 122 Å². The monoisotopic (exact) mass is 567 g/mol. The number of rotatable bonds is 10. The Morgan fingerprint density at radius 3 is 2.46 bits per heavy atom. The number of carboxylic acid groups (broad SMARTS) is 2. The van der Waals surface area contributed by atoms with Crippen molar-refractivity contribution in [2.24, 2.45) is 0 Å². The van der Waals surface area contributed by atoms with Gasteiger partial charge < -0.3 is 14.9 Å². The number of carbonyl (C=O) groups is 3. The maximum atomic E-state index is 13.1. The van der Waals surface area contributed by atoms with Gasteiger partial charge in [-0.2, -0.15) is 5.10 Å². The number of benzene rings is 2. The standard InChI is InChI=1S/C26H25N3O4S2.C2H4O2/c1-33-21-12-8-9-18(15-21)24-19(17-29(27-24)20-10-4-2-5-11-20)16-22-25(32)28(26(34)35-22)14-7-3-6-13-23(30)31;1-2(3)4/h2,4-5,8-12,15-17H,3,6-7,13-14H2,1H3,(H,30,31);1H3,(H,3,4)/b22-16+;. The molecule has 2 N–H and O–H groups in total. The summed E-state index contributed by atoms with van der Waals surface area (Å²) >= 11 is 6.74. The lowest BCUT2D eigenvalue weighted by atomic mass is 10.1. The number of carbonyl (C=O) groups excluding carboxylic acids is 1. The molecule has 0 atom stereocenters. The molecule has 204 valence electrons. The van der Waals surface area contributed by atoms with Crippen LogP contribution in [0.5, 0.6) is 5.75 Å². The highest BCUT2D eigenvalue weighted by atomic mass is 32.2. The van der Waals surface area contributed by atoms with Gasteiger partial charge in [-0.3, -0.25) is 19.3 Å². The van der Waals surface area contributed by atoms with E-state index in [-0.39, 0.29) is 12.3 Å². The number of unbranched alkanes of at least 4 members (excludes halogenated alkanes) is 2. The van der Waals surface area contributed by atoms with E-state index in [4.69, 9.17) is 37.1 Å². The summed E-state index contributed by atoms with van der Waals surface area (Å²) in [5.74, 6) is -1.05. The van der Waals surface area contributed by atoms with Crippen LogP contribution in [0.4, 0.5) is 0 Å². The van der Waals surface area contributed by atoms with Crippen LogP contribution in [0.3, 0.4) is 0 Å². The molecule has 0 saturated carbocycles. The molecule has 11 heteroatoms. The Balaban J connectivity index is 0.000000983. The van der Waals surface area contributed by atoms with Crippen molar-refractivity contribution in [2.45, 2.75) is 32.6 Å². The number of para-hydroxylation sites is 1. The number of aromatic nitrogens is 2. The fourth-order valence-corrected chi connectivity index (χ4v) is 5.06. The van der Waals surface area contributed by atoms with Crippen molar-refractivity contribution in [3.05, 3.63) is 71.3 Å². The van der Waals surface area contributed by atoms with Crippen LogP contribution >= 0.6 is 24.0 Å². The first-order chi connectivity index (χ1) is 18.7.